The van der Waals surface area contributed by atoms with E-state index in [4.69, 9.17) is 0 Å². The largest absolute Gasteiger partial charge is 0.361 e. The quantitative estimate of drug-likeness (QED) is 0.233. The van der Waals surface area contributed by atoms with Crippen molar-refractivity contribution in [3.63, 3.8) is 0 Å². The van der Waals surface area contributed by atoms with Gasteiger partial charge in [-0.1, -0.05) is 68.3 Å². The third-order valence-electron chi connectivity index (χ3n) is 5.52. The molecule has 28 heavy (non-hydrogen) atoms. The Kier molecular flexibility index (Phi) is 3.49. The number of halogens is 2. The molecular weight excluding hydrogens is 476 g/mol. The lowest BCUT2D eigenvalue weighted by Gasteiger charge is -2.09. The van der Waals surface area contributed by atoms with E-state index in [1.54, 1.807) is 0 Å². The van der Waals surface area contributed by atoms with Crippen molar-refractivity contribution in [3.05, 3.63) is 81.9 Å². The van der Waals surface area contributed by atoms with E-state index < -0.39 is 0 Å². The Hall–Kier alpha value is -2.56. The SMILES string of the molecule is Brc1cccc2[nH]cc(-c3c4ccccc4cc4c3[nH]c3cccc(Br)c34)c12. The fraction of sp³-hybridized carbons (Fsp3) is 0. The molecule has 2 nitrogen and oxygen atoms in total. The summed E-state index contributed by atoms with van der Waals surface area (Å²) in [7, 11) is 0. The molecule has 6 rings (SSSR count). The van der Waals surface area contributed by atoms with Gasteiger partial charge in [0.15, 0.2) is 0 Å². The highest BCUT2D eigenvalue weighted by Gasteiger charge is 2.18. The van der Waals surface area contributed by atoms with Crippen molar-refractivity contribution in [2.24, 2.45) is 0 Å². The van der Waals surface area contributed by atoms with Crippen LogP contribution in [0.5, 0.6) is 0 Å². The molecule has 0 aliphatic carbocycles. The van der Waals surface area contributed by atoms with Crippen molar-refractivity contribution < 1.29 is 0 Å². The highest BCUT2D eigenvalue weighted by molar-refractivity contribution is 9.11. The van der Waals surface area contributed by atoms with Crippen LogP contribution < -0.4 is 0 Å². The van der Waals surface area contributed by atoms with Crippen LogP contribution in [0.15, 0.2) is 81.9 Å². The summed E-state index contributed by atoms with van der Waals surface area (Å²) in [4.78, 5) is 7.14. The molecule has 0 spiro atoms. The summed E-state index contributed by atoms with van der Waals surface area (Å²) in [6.07, 6.45) is 2.12. The number of hydrogen-bond donors (Lipinski definition) is 2. The first-order valence-corrected chi connectivity index (χ1v) is 10.7. The molecule has 0 fully saturated rings. The highest BCUT2D eigenvalue weighted by atomic mass is 79.9. The molecule has 0 atom stereocenters. The normalized spacial score (nSPS) is 11.9. The lowest BCUT2D eigenvalue weighted by Crippen LogP contribution is -1.84. The zero-order chi connectivity index (χ0) is 18.8. The minimum atomic E-state index is 1.10. The number of rotatable bonds is 1. The summed E-state index contributed by atoms with van der Waals surface area (Å²) in [5.74, 6) is 0. The van der Waals surface area contributed by atoms with Gasteiger partial charge in [-0.05, 0) is 41.1 Å². The summed E-state index contributed by atoms with van der Waals surface area (Å²) in [6, 6.07) is 23.5. The summed E-state index contributed by atoms with van der Waals surface area (Å²) >= 11 is 7.51. The number of H-pyrrole nitrogens is 2. The van der Waals surface area contributed by atoms with E-state index in [9.17, 15) is 0 Å². The Morgan fingerprint density at radius 3 is 2.29 bits per heavy atom. The van der Waals surface area contributed by atoms with Crippen molar-refractivity contribution in [2.75, 3.05) is 0 Å². The van der Waals surface area contributed by atoms with Gasteiger partial charge in [-0.15, -0.1) is 0 Å². The fourth-order valence-electron chi connectivity index (χ4n) is 4.33. The molecule has 0 saturated carbocycles. The Bertz CT molecular complexity index is 1540. The smallest absolute Gasteiger partial charge is 0.0552 e. The van der Waals surface area contributed by atoms with Crippen LogP contribution >= 0.6 is 31.9 Å². The lowest BCUT2D eigenvalue weighted by atomic mass is 9.94. The molecule has 0 saturated heterocycles. The standard InChI is InChI=1S/C24H14Br2N2/c25-17-8-4-10-20-22(17)15-11-13-5-1-2-6-14(13)21(24(15)28-20)16-12-27-19-9-3-7-18(26)23(16)19/h1-12,27-28H. The molecule has 134 valence electrons. The van der Waals surface area contributed by atoms with E-state index in [0.29, 0.717) is 0 Å². The van der Waals surface area contributed by atoms with Crippen LogP contribution in [0.4, 0.5) is 0 Å². The number of aromatic amines is 2. The maximum Gasteiger partial charge on any atom is 0.0552 e. The number of aromatic nitrogens is 2. The van der Waals surface area contributed by atoms with Gasteiger partial charge in [0.25, 0.3) is 0 Å². The van der Waals surface area contributed by atoms with Gasteiger partial charge in [0.05, 0.1) is 5.52 Å². The van der Waals surface area contributed by atoms with Crippen molar-refractivity contribution >= 4 is 75.3 Å². The number of fused-ring (bicyclic) bond motifs is 5. The summed E-state index contributed by atoms with van der Waals surface area (Å²) < 4.78 is 2.21. The third kappa shape index (κ3) is 2.19. The molecule has 6 aromatic rings. The van der Waals surface area contributed by atoms with Crippen LogP contribution in [0.3, 0.4) is 0 Å². The molecule has 0 aliphatic rings. The van der Waals surface area contributed by atoms with Crippen LogP contribution in [0.25, 0.3) is 54.6 Å². The molecule has 0 amide bonds. The second-order valence-corrected chi connectivity index (χ2v) is 8.76. The van der Waals surface area contributed by atoms with E-state index in [2.05, 4.69) is 115 Å². The Morgan fingerprint density at radius 2 is 1.43 bits per heavy atom. The third-order valence-corrected chi connectivity index (χ3v) is 6.84. The summed E-state index contributed by atoms with van der Waals surface area (Å²) in [5.41, 5.74) is 5.86. The van der Waals surface area contributed by atoms with Gasteiger partial charge in [-0.3, -0.25) is 0 Å². The Morgan fingerprint density at radius 1 is 0.679 bits per heavy atom. The van der Waals surface area contributed by atoms with E-state index in [-0.39, 0.29) is 0 Å². The molecule has 2 N–H and O–H groups in total. The second-order valence-electron chi connectivity index (χ2n) is 7.05. The van der Waals surface area contributed by atoms with Crippen LogP contribution in [-0.4, -0.2) is 9.97 Å². The fourth-order valence-corrected chi connectivity index (χ4v) is 5.49. The molecule has 4 heteroatoms. The second kappa shape index (κ2) is 5.97. The van der Waals surface area contributed by atoms with Crippen molar-refractivity contribution in [1.29, 1.82) is 0 Å². The maximum absolute atomic E-state index is 3.76. The van der Waals surface area contributed by atoms with Gasteiger partial charge in [-0.2, -0.15) is 0 Å². The van der Waals surface area contributed by atoms with E-state index in [1.807, 2.05) is 0 Å². The first-order valence-electron chi connectivity index (χ1n) is 9.10. The molecule has 2 aromatic heterocycles. The molecule has 0 unspecified atom stereocenters. The van der Waals surface area contributed by atoms with Gasteiger partial charge in [0.2, 0.25) is 0 Å². The molecule has 0 bridgehead atoms. The summed E-state index contributed by atoms with van der Waals surface area (Å²) in [5, 5.41) is 6.15. The van der Waals surface area contributed by atoms with E-state index in [1.165, 1.54) is 38.1 Å². The zero-order valence-corrected chi connectivity index (χ0v) is 17.9. The Labute approximate surface area is 177 Å². The minimum absolute atomic E-state index is 1.10. The summed E-state index contributed by atoms with van der Waals surface area (Å²) in [6.45, 7) is 0. The first-order chi connectivity index (χ1) is 13.7. The van der Waals surface area contributed by atoms with Crippen LogP contribution in [-0.2, 0) is 0 Å². The minimum Gasteiger partial charge on any atom is -0.361 e. The predicted octanol–water partition coefficient (Wildman–Crippen LogP) is 8.15. The van der Waals surface area contributed by atoms with Gasteiger partial charge in [0.1, 0.15) is 0 Å². The van der Waals surface area contributed by atoms with Gasteiger partial charge < -0.3 is 9.97 Å². The van der Waals surface area contributed by atoms with Gasteiger partial charge in [0, 0.05) is 53.5 Å². The van der Waals surface area contributed by atoms with E-state index >= 15 is 0 Å². The zero-order valence-electron chi connectivity index (χ0n) is 14.7. The van der Waals surface area contributed by atoms with Crippen LogP contribution in [0.1, 0.15) is 0 Å². The number of nitrogens with one attached hydrogen (secondary N) is 2. The van der Waals surface area contributed by atoms with Gasteiger partial charge >= 0.3 is 0 Å². The first kappa shape index (κ1) is 16.4. The molecule has 0 aliphatic heterocycles. The number of hydrogen-bond acceptors (Lipinski definition) is 0. The topological polar surface area (TPSA) is 31.6 Å². The van der Waals surface area contributed by atoms with E-state index in [0.717, 1.165) is 25.5 Å². The molecular formula is C24H14Br2N2. The van der Waals surface area contributed by atoms with Crippen molar-refractivity contribution in [3.8, 4) is 11.1 Å². The molecule has 0 radical (unpaired) electrons. The van der Waals surface area contributed by atoms with Crippen molar-refractivity contribution in [1.82, 2.24) is 9.97 Å². The van der Waals surface area contributed by atoms with Crippen LogP contribution in [0, 0.1) is 0 Å². The Balaban J connectivity index is 1.89. The van der Waals surface area contributed by atoms with Gasteiger partial charge in [-0.25, -0.2) is 0 Å². The highest BCUT2D eigenvalue weighted by Crippen LogP contribution is 2.44. The van der Waals surface area contributed by atoms with Crippen molar-refractivity contribution in [2.45, 2.75) is 0 Å². The predicted molar refractivity (Wildman–Crippen MR) is 126 cm³/mol. The monoisotopic (exact) mass is 488 g/mol. The van der Waals surface area contributed by atoms with Crippen LogP contribution in [0.2, 0.25) is 0 Å². The maximum atomic E-state index is 3.76. The average molecular weight is 490 g/mol. The number of benzene rings is 4. The average Bonchev–Trinajstić information content (AvgIpc) is 3.29. The molecule has 4 aromatic carbocycles. The molecule has 2 heterocycles. The lowest BCUT2D eigenvalue weighted by molar-refractivity contribution is 1.47.